The molecular formula is C24H29FN4O2S. The van der Waals surface area contributed by atoms with Crippen molar-refractivity contribution in [2.45, 2.75) is 25.7 Å². The third-order valence-electron chi connectivity index (χ3n) is 5.93. The van der Waals surface area contributed by atoms with Crippen molar-refractivity contribution in [3.05, 3.63) is 53.5 Å². The van der Waals surface area contributed by atoms with E-state index < -0.39 is 9.73 Å². The second-order valence-electron chi connectivity index (χ2n) is 8.10. The lowest BCUT2D eigenvalue weighted by Crippen LogP contribution is -2.16. The van der Waals surface area contributed by atoms with E-state index in [2.05, 4.69) is 4.36 Å². The average Bonchev–Trinajstić information content (AvgIpc) is 2.80. The molecule has 1 aliphatic rings. The fourth-order valence-electron chi connectivity index (χ4n) is 4.02. The zero-order valence-electron chi connectivity index (χ0n) is 18.2. The number of anilines is 1. The first-order valence-electron chi connectivity index (χ1n) is 10.6. The summed E-state index contributed by atoms with van der Waals surface area (Å²) in [4.78, 5) is 4.95. The number of hydrogen-bond acceptors (Lipinski definition) is 6. The Morgan fingerprint density at radius 3 is 2.59 bits per heavy atom. The molecule has 1 aliphatic heterocycles. The zero-order chi connectivity index (χ0) is 22.9. The normalized spacial score (nSPS) is 16.6. The molecular weight excluding hydrogens is 427 g/mol. The number of nitrogen functional groups attached to an aromatic ring is 1. The molecule has 3 N–H and O–H groups in total. The largest absolute Gasteiger partial charge is 0.398 e. The van der Waals surface area contributed by atoms with Gasteiger partial charge in [0.1, 0.15) is 5.82 Å². The lowest BCUT2D eigenvalue weighted by atomic mass is 9.86. The molecule has 1 atom stereocenters. The van der Waals surface area contributed by atoms with Crippen LogP contribution in [0.4, 0.5) is 15.9 Å². The summed E-state index contributed by atoms with van der Waals surface area (Å²) in [5.41, 5.74) is 9.72. The van der Waals surface area contributed by atoms with Crippen LogP contribution in [-0.4, -0.2) is 40.6 Å². The Labute approximate surface area is 189 Å². The number of nitrogens with zero attached hydrogens (tertiary/aromatic N) is 2. The molecule has 0 aliphatic carbocycles. The summed E-state index contributed by atoms with van der Waals surface area (Å²) in [7, 11) is -2.47. The molecule has 8 heteroatoms. The maximum Gasteiger partial charge on any atom is 0.169 e. The summed E-state index contributed by atoms with van der Waals surface area (Å²) in [6, 6.07) is 9.93. The van der Waals surface area contributed by atoms with Crippen LogP contribution in [0.5, 0.6) is 0 Å². The number of pyridine rings is 1. The number of ether oxygens (including phenoxy) is 1. The molecule has 1 saturated heterocycles. The van der Waals surface area contributed by atoms with Gasteiger partial charge >= 0.3 is 0 Å². The van der Waals surface area contributed by atoms with Crippen molar-refractivity contribution >= 4 is 38.2 Å². The minimum Gasteiger partial charge on any atom is -0.398 e. The molecule has 32 heavy (non-hydrogen) atoms. The first-order valence-corrected chi connectivity index (χ1v) is 12.7. The van der Waals surface area contributed by atoms with E-state index in [-0.39, 0.29) is 13.2 Å². The molecule has 0 radical (unpaired) electrons. The predicted molar refractivity (Wildman–Crippen MR) is 131 cm³/mol. The van der Waals surface area contributed by atoms with E-state index in [1.54, 1.807) is 24.5 Å². The van der Waals surface area contributed by atoms with Crippen molar-refractivity contribution in [1.29, 1.82) is 5.41 Å². The Hall–Kier alpha value is -2.84. The fourth-order valence-corrected chi connectivity index (χ4v) is 4.66. The molecule has 170 valence electrons. The molecule has 3 aromatic rings. The minimum absolute atomic E-state index is 0. The van der Waals surface area contributed by atoms with Crippen molar-refractivity contribution in [2.24, 2.45) is 4.36 Å². The quantitative estimate of drug-likeness (QED) is 0.390. The summed E-state index contributed by atoms with van der Waals surface area (Å²) >= 11 is 0. The highest BCUT2D eigenvalue weighted by Gasteiger charge is 2.25. The molecule has 1 unspecified atom stereocenters. The maximum atomic E-state index is 13.7. The van der Waals surface area contributed by atoms with Crippen LogP contribution in [-0.2, 0) is 14.5 Å². The van der Waals surface area contributed by atoms with Gasteiger partial charge in [-0.3, -0.25) is 0 Å². The van der Waals surface area contributed by atoms with E-state index in [0.29, 0.717) is 41.4 Å². The molecule has 1 aromatic heterocycles. The lowest BCUT2D eigenvalue weighted by Gasteiger charge is -2.25. The van der Waals surface area contributed by atoms with Crippen LogP contribution in [0.25, 0.3) is 21.9 Å². The van der Waals surface area contributed by atoms with Gasteiger partial charge in [0.05, 0.1) is 15.4 Å². The smallest absolute Gasteiger partial charge is 0.169 e. The summed E-state index contributed by atoms with van der Waals surface area (Å²) in [5.74, 6) is 0.599. The number of aromatic nitrogens is 1. The van der Waals surface area contributed by atoms with Gasteiger partial charge in [-0.05, 0) is 48.1 Å². The molecule has 2 aromatic carbocycles. The fraction of sp³-hybridized carbons (Fsp3) is 0.333. The maximum absolute atomic E-state index is 13.7. The van der Waals surface area contributed by atoms with E-state index >= 15 is 0 Å². The second kappa shape index (κ2) is 8.96. The van der Waals surface area contributed by atoms with Crippen molar-refractivity contribution in [2.75, 3.05) is 31.0 Å². The Morgan fingerprint density at radius 1 is 1.28 bits per heavy atom. The van der Waals surface area contributed by atoms with Crippen LogP contribution in [0.15, 0.2) is 40.8 Å². The van der Waals surface area contributed by atoms with E-state index in [1.807, 2.05) is 13.0 Å². The van der Waals surface area contributed by atoms with E-state index in [1.165, 1.54) is 18.3 Å². The Kier molecular flexibility index (Phi) is 6.26. The summed E-state index contributed by atoms with van der Waals surface area (Å²) in [6.45, 7) is 3.10. The number of halogens is 1. The third kappa shape index (κ3) is 4.38. The van der Waals surface area contributed by atoms with Gasteiger partial charge in [0.2, 0.25) is 0 Å². The summed E-state index contributed by atoms with van der Waals surface area (Å²) < 4.78 is 36.7. The lowest BCUT2D eigenvalue weighted by molar-refractivity contribution is 0.0847. The second-order valence-corrected chi connectivity index (χ2v) is 10.8. The highest BCUT2D eigenvalue weighted by Crippen LogP contribution is 2.42. The molecule has 2 heterocycles. The third-order valence-corrected chi connectivity index (χ3v) is 7.56. The number of benzene rings is 2. The summed E-state index contributed by atoms with van der Waals surface area (Å²) in [6.07, 6.45) is 4.43. The van der Waals surface area contributed by atoms with Crippen LogP contribution >= 0.6 is 0 Å². The first-order chi connectivity index (χ1) is 15.3. The van der Waals surface area contributed by atoms with Gasteiger partial charge < -0.3 is 15.9 Å². The van der Waals surface area contributed by atoms with Gasteiger partial charge in [0, 0.05) is 61.0 Å². The highest BCUT2D eigenvalue weighted by molar-refractivity contribution is 7.93. The van der Waals surface area contributed by atoms with Crippen LogP contribution in [0.1, 0.15) is 38.4 Å². The zero-order valence-corrected chi connectivity index (χ0v) is 19.0. The van der Waals surface area contributed by atoms with Crippen molar-refractivity contribution in [3.63, 3.8) is 0 Å². The van der Waals surface area contributed by atoms with Gasteiger partial charge in [-0.15, -0.1) is 0 Å². The Balaban J connectivity index is 0.00000306. The van der Waals surface area contributed by atoms with Crippen molar-refractivity contribution in [3.8, 4) is 11.1 Å². The predicted octanol–water partition coefficient (Wildman–Crippen LogP) is 5.51. The molecule has 0 bridgehead atoms. The standard InChI is InChI=1S/C24H27FN4O2S.H2/c1-3-32(2,30)29-24-20-13-21(27)17(14-26)12-19(20)22(15-4-6-18(25)7-5-15)23(28-24)16-8-10-31-11-9-16;/h4-7,12-14,16,26H,3,8-11,27H2,1-2H3;1H. The molecule has 0 saturated carbocycles. The molecule has 4 rings (SSSR count). The molecule has 0 spiro atoms. The van der Waals surface area contributed by atoms with Gasteiger partial charge in [-0.2, -0.15) is 4.36 Å². The van der Waals surface area contributed by atoms with Crippen LogP contribution in [0, 0.1) is 11.2 Å². The van der Waals surface area contributed by atoms with E-state index in [4.69, 9.17) is 20.9 Å². The van der Waals surface area contributed by atoms with Crippen LogP contribution in [0.2, 0.25) is 0 Å². The number of fused-ring (bicyclic) bond motifs is 1. The first kappa shape index (κ1) is 22.4. The number of rotatable bonds is 5. The topological polar surface area (TPSA) is 101 Å². The van der Waals surface area contributed by atoms with Gasteiger partial charge in [0.25, 0.3) is 0 Å². The van der Waals surface area contributed by atoms with Crippen LogP contribution in [0.3, 0.4) is 0 Å². The highest BCUT2D eigenvalue weighted by atomic mass is 32.2. The summed E-state index contributed by atoms with van der Waals surface area (Å²) in [5, 5.41) is 9.27. The number of nitrogens with one attached hydrogen (secondary N) is 1. The Bertz CT molecular complexity index is 1300. The molecule has 6 nitrogen and oxygen atoms in total. The monoisotopic (exact) mass is 456 g/mol. The number of nitrogens with two attached hydrogens (primary N) is 1. The number of hydrogen-bond donors (Lipinski definition) is 2. The van der Waals surface area contributed by atoms with Crippen molar-refractivity contribution in [1.82, 2.24) is 4.98 Å². The minimum atomic E-state index is -2.47. The van der Waals surface area contributed by atoms with Crippen molar-refractivity contribution < 1.29 is 14.8 Å². The van der Waals surface area contributed by atoms with Gasteiger partial charge in [0.15, 0.2) is 5.82 Å². The van der Waals surface area contributed by atoms with Gasteiger partial charge in [-0.25, -0.2) is 13.6 Å². The SMILES string of the molecule is CCS(C)(=O)=Nc1nc(C2CCOCC2)c(-c2ccc(F)cc2)c2cc(C=N)c(N)cc12.[HH]. The Morgan fingerprint density at radius 2 is 1.97 bits per heavy atom. The molecule has 1 fully saturated rings. The van der Waals surface area contributed by atoms with E-state index in [0.717, 1.165) is 35.0 Å². The average molecular weight is 457 g/mol. The van der Waals surface area contributed by atoms with Gasteiger partial charge in [-0.1, -0.05) is 19.1 Å². The molecule has 0 amide bonds. The van der Waals surface area contributed by atoms with Crippen LogP contribution < -0.4 is 5.73 Å². The van der Waals surface area contributed by atoms with E-state index in [9.17, 15) is 8.60 Å².